The van der Waals surface area contributed by atoms with Gasteiger partial charge in [0.25, 0.3) is 17.7 Å². The fraction of sp³-hybridized carbons (Fsp3) is 0.467. The Morgan fingerprint density at radius 2 is 1.26 bits per heavy atom. The average Bonchev–Trinajstić information content (AvgIpc) is 3.56. The van der Waals surface area contributed by atoms with E-state index in [1.165, 1.54) is 0 Å². The van der Waals surface area contributed by atoms with Gasteiger partial charge in [-0.3, -0.25) is 19.2 Å². The van der Waals surface area contributed by atoms with Gasteiger partial charge < -0.3 is 39.9 Å². The second-order valence-electron chi connectivity index (χ2n) is 12.0. The first-order chi connectivity index (χ1) is 19.7. The Morgan fingerprint density at radius 1 is 0.762 bits per heavy atom. The Bertz CT molecular complexity index is 1440. The zero-order valence-electron chi connectivity index (χ0n) is 25.9. The van der Waals surface area contributed by atoms with Crippen LogP contribution in [-0.2, 0) is 25.4 Å². The minimum Gasteiger partial charge on any atom is -0.351 e. The molecule has 0 spiro atoms. The van der Waals surface area contributed by atoms with E-state index in [0.717, 1.165) is 13.0 Å². The minimum absolute atomic E-state index is 0.123. The van der Waals surface area contributed by atoms with E-state index in [2.05, 4.69) is 26.2 Å². The van der Waals surface area contributed by atoms with Crippen LogP contribution in [0.5, 0.6) is 0 Å². The fourth-order valence-electron chi connectivity index (χ4n) is 4.51. The summed E-state index contributed by atoms with van der Waals surface area (Å²) < 4.78 is 5.04. The van der Waals surface area contributed by atoms with Gasteiger partial charge >= 0.3 is 0 Å². The number of aryl methyl sites for hydroxylation is 3. The molecule has 3 rings (SSSR count). The molecule has 0 bridgehead atoms. The Hall–Kier alpha value is -4.32. The zero-order chi connectivity index (χ0) is 31.2. The Morgan fingerprint density at radius 3 is 1.81 bits per heavy atom. The van der Waals surface area contributed by atoms with Crippen LogP contribution < -0.4 is 21.3 Å². The van der Waals surface area contributed by atoms with Crippen LogP contribution in [0.25, 0.3) is 0 Å². The van der Waals surface area contributed by atoms with Gasteiger partial charge in [-0.15, -0.1) is 0 Å². The highest BCUT2D eigenvalue weighted by Crippen LogP contribution is 2.22. The van der Waals surface area contributed by atoms with Gasteiger partial charge in [-0.2, -0.15) is 0 Å². The SMILES string of the molecule is CCn1cc(NC(=O)c2cc(NC(=O)CC(C)(C)C)cn2C)cc1C(=O)Nc1cc(C(=O)NCCCN(C)C)n(C)c1. The number of anilines is 3. The number of nitrogens with zero attached hydrogens (tertiary/aromatic N) is 4. The normalized spacial score (nSPS) is 11.5. The van der Waals surface area contributed by atoms with Crippen LogP contribution in [0.3, 0.4) is 0 Å². The highest BCUT2D eigenvalue weighted by molar-refractivity contribution is 6.07. The van der Waals surface area contributed by atoms with Crippen LogP contribution in [0.2, 0.25) is 0 Å². The molecule has 0 aliphatic heterocycles. The number of nitrogens with one attached hydrogen (secondary N) is 4. The summed E-state index contributed by atoms with van der Waals surface area (Å²) in [5.41, 5.74) is 2.47. The molecule has 12 heteroatoms. The molecular weight excluding hydrogens is 536 g/mol. The molecule has 0 saturated carbocycles. The summed E-state index contributed by atoms with van der Waals surface area (Å²) in [6, 6.07) is 4.85. The van der Waals surface area contributed by atoms with Crippen molar-refractivity contribution >= 4 is 40.7 Å². The average molecular weight is 581 g/mol. The maximum Gasteiger partial charge on any atom is 0.272 e. The molecule has 3 aromatic rings. The first kappa shape index (κ1) is 32.2. The van der Waals surface area contributed by atoms with E-state index in [9.17, 15) is 19.2 Å². The molecular formula is C30H44N8O4. The quantitative estimate of drug-likeness (QED) is 0.242. The van der Waals surface area contributed by atoms with E-state index < -0.39 is 0 Å². The van der Waals surface area contributed by atoms with E-state index in [-0.39, 0.29) is 29.0 Å². The minimum atomic E-state index is -0.377. The van der Waals surface area contributed by atoms with Gasteiger partial charge in [0.05, 0.1) is 17.1 Å². The summed E-state index contributed by atoms with van der Waals surface area (Å²) in [7, 11) is 7.44. The van der Waals surface area contributed by atoms with Crippen molar-refractivity contribution in [2.45, 2.75) is 47.1 Å². The number of aromatic nitrogens is 3. The number of hydrogen-bond donors (Lipinski definition) is 4. The van der Waals surface area contributed by atoms with Crippen LogP contribution in [-0.4, -0.2) is 69.4 Å². The number of carbonyl (C=O) groups is 4. The first-order valence-corrected chi connectivity index (χ1v) is 14.0. The largest absolute Gasteiger partial charge is 0.351 e. The lowest BCUT2D eigenvalue weighted by Gasteiger charge is -2.16. The smallest absolute Gasteiger partial charge is 0.272 e. The van der Waals surface area contributed by atoms with E-state index >= 15 is 0 Å². The van der Waals surface area contributed by atoms with Crippen LogP contribution in [0, 0.1) is 5.41 Å². The van der Waals surface area contributed by atoms with Crippen molar-refractivity contribution in [3.63, 3.8) is 0 Å². The topological polar surface area (TPSA) is 134 Å². The third-order valence-corrected chi connectivity index (χ3v) is 6.50. The van der Waals surface area contributed by atoms with Crippen molar-refractivity contribution in [3.05, 3.63) is 53.9 Å². The maximum atomic E-state index is 13.2. The van der Waals surface area contributed by atoms with Crippen LogP contribution >= 0.6 is 0 Å². The molecule has 0 aliphatic carbocycles. The van der Waals surface area contributed by atoms with Gasteiger partial charge in [0, 0.05) is 52.2 Å². The van der Waals surface area contributed by atoms with Gasteiger partial charge in [-0.1, -0.05) is 20.8 Å². The zero-order valence-corrected chi connectivity index (χ0v) is 25.9. The molecule has 42 heavy (non-hydrogen) atoms. The molecule has 3 aromatic heterocycles. The lowest BCUT2D eigenvalue weighted by Crippen LogP contribution is -2.28. The first-order valence-electron chi connectivity index (χ1n) is 14.0. The Labute approximate surface area is 247 Å². The highest BCUT2D eigenvalue weighted by Gasteiger charge is 2.20. The van der Waals surface area contributed by atoms with Crippen molar-refractivity contribution < 1.29 is 19.2 Å². The molecule has 4 amide bonds. The summed E-state index contributed by atoms with van der Waals surface area (Å²) in [4.78, 5) is 53.2. The van der Waals surface area contributed by atoms with Crippen LogP contribution in [0.15, 0.2) is 36.8 Å². The highest BCUT2D eigenvalue weighted by atomic mass is 16.2. The van der Waals surface area contributed by atoms with Crippen molar-refractivity contribution in [1.82, 2.24) is 23.9 Å². The predicted octanol–water partition coefficient (Wildman–Crippen LogP) is 3.75. The monoisotopic (exact) mass is 580 g/mol. The van der Waals surface area contributed by atoms with E-state index in [0.29, 0.717) is 53.7 Å². The van der Waals surface area contributed by atoms with Crippen LogP contribution in [0.4, 0.5) is 17.1 Å². The predicted molar refractivity (Wildman–Crippen MR) is 165 cm³/mol. The third kappa shape index (κ3) is 8.84. The maximum absolute atomic E-state index is 13.2. The van der Waals surface area contributed by atoms with E-state index in [4.69, 9.17) is 0 Å². The molecule has 12 nitrogen and oxygen atoms in total. The molecule has 0 radical (unpaired) electrons. The third-order valence-electron chi connectivity index (χ3n) is 6.50. The van der Waals surface area contributed by atoms with Crippen molar-refractivity contribution in [2.75, 3.05) is 43.1 Å². The molecule has 228 valence electrons. The molecule has 0 aromatic carbocycles. The Kier molecular flexibility index (Phi) is 10.4. The van der Waals surface area contributed by atoms with Crippen molar-refractivity contribution in [1.29, 1.82) is 0 Å². The summed E-state index contributed by atoms with van der Waals surface area (Å²) in [5, 5.41) is 11.4. The summed E-state index contributed by atoms with van der Waals surface area (Å²) in [5.74, 6) is -1.08. The van der Waals surface area contributed by atoms with Crippen molar-refractivity contribution in [3.8, 4) is 0 Å². The lowest BCUT2D eigenvalue weighted by atomic mass is 9.92. The van der Waals surface area contributed by atoms with E-state index in [1.54, 1.807) is 64.6 Å². The Balaban J connectivity index is 1.66. The van der Waals surface area contributed by atoms with Gasteiger partial charge in [0.15, 0.2) is 0 Å². The second-order valence-corrected chi connectivity index (χ2v) is 12.0. The van der Waals surface area contributed by atoms with Gasteiger partial charge in [-0.25, -0.2) is 0 Å². The summed E-state index contributed by atoms with van der Waals surface area (Å²) in [6.45, 7) is 9.78. The number of hydrogen-bond acceptors (Lipinski definition) is 5. The van der Waals surface area contributed by atoms with Crippen molar-refractivity contribution in [2.24, 2.45) is 19.5 Å². The molecule has 0 saturated heterocycles. The standard InChI is InChI=1S/C30H44N8O4/c1-9-38-19-22(34-28(41)24-13-20(17-37(24)8)32-26(39)16-30(2,3)4)15-25(38)29(42)33-21-14-23(36(7)18-21)27(40)31-11-10-12-35(5)6/h13-15,17-19H,9-12,16H2,1-8H3,(H,31,40)(H,32,39)(H,33,42)(H,34,41). The molecule has 4 N–H and O–H groups in total. The number of rotatable bonds is 12. The number of amides is 4. The molecule has 0 atom stereocenters. The molecule has 0 unspecified atom stereocenters. The fourth-order valence-corrected chi connectivity index (χ4v) is 4.51. The summed E-state index contributed by atoms with van der Waals surface area (Å²) >= 11 is 0. The molecule has 3 heterocycles. The molecule has 0 fully saturated rings. The summed E-state index contributed by atoms with van der Waals surface area (Å²) in [6.07, 6.45) is 6.25. The van der Waals surface area contributed by atoms with Crippen LogP contribution in [0.1, 0.15) is 72.0 Å². The van der Waals surface area contributed by atoms with Gasteiger partial charge in [0.2, 0.25) is 5.91 Å². The lowest BCUT2D eigenvalue weighted by molar-refractivity contribution is -0.117. The van der Waals surface area contributed by atoms with Gasteiger partial charge in [0.1, 0.15) is 17.1 Å². The second kappa shape index (κ2) is 13.6. The van der Waals surface area contributed by atoms with E-state index in [1.807, 2.05) is 41.8 Å². The van der Waals surface area contributed by atoms with Gasteiger partial charge in [-0.05, 0) is 57.6 Å². The molecule has 0 aliphatic rings. The number of carbonyl (C=O) groups excluding carboxylic acids is 4.